The average Bonchev–Trinajstić information content (AvgIpc) is 3.46. The highest BCUT2D eigenvalue weighted by Gasteiger charge is 2.14. The molecule has 0 aromatic carbocycles. The molecule has 0 atom stereocenters. The predicted molar refractivity (Wildman–Crippen MR) is 104 cm³/mol. The fourth-order valence-corrected chi connectivity index (χ4v) is 4.13. The summed E-state index contributed by atoms with van der Waals surface area (Å²) in [5, 5.41) is 26.0. The van der Waals surface area contributed by atoms with E-state index >= 15 is 0 Å². The maximum atomic E-state index is 9.05. The van der Waals surface area contributed by atoms with Crippen LogP contribution in [0.1, 0.15) is 11.8 Å². The van der Waals surface area contributed by atoms with E-state index in [1.54, 1.807) is 33.1 Å². The molecule has 5 aromatic rings. The van der Waals surface area contributed by atoms with E-state index in [0.29, 0.717) is 30.1 Å². The van der Waals surface area contributed by atoms with Gasteiger partial charge in [0.2, 0.25) is 5.65 Å². The summed E-state index contributed by atoms with van der Waals surface area (Å²) in [5.41, 5.74) is 3.79. The molecule has 0 bridgehead atoms. The van der Waals surface area contributed by atoms with Crippen molar-refractivity contribution in [3.63, 3.8) is 0 Å². The number of hydrogen-bond donors (Lipinski definition) is 1. The smallest absolute Gasteiger partial charge is 0.221 e. The van der Waals surface area contributed by atoms with Crippen LogP contribution in [0.4, 0.5) is 0 Å². The fraction of sp³-hybridized carbons (Fsp3) is 0.294. The summed E-state index contributed by atoms with van der Waals surface area (Å²) in [4.78, 5) is 10.2. The third-order valence-corrected chi connectivity index (χ3v) is 5.52. The highest BCUT2D eigenvalue weighted by Crippen LogP contribution is 2.26. The van der Waals surface area contributed by atoms with Crippen LogP contribution in [-0.2, 0) is 19.6 Å². The van der Waals surface area contributed by atoms with Gasteiger partial charge in [0.1, 0.15) is 0 Å². The van der Waals surface area contributed by atoms with Gasteiger partial charge in [0.15, 0.2) is 5.65 Å². The first kappa shape index (κ1) is 17.0. The van der Waals surface area contributed by atoms with Crippen LogP contribution >= 0.6 is 11.3 Å². The minimum absolute atomic E-state index is 0.0352. The highest BCUT2D eigenvalue weighted by atomic mass is 32.1. The number of thiophene rings is 1. The van der Waals surface area contributed by atoms with Crippen molar-refractivity contribution in [3.05, 3.63) is 35.7 Å². The van der Waals surface area contributed by atoms with Crippen molar-refractivity contribution >= 4 is 32.8 Å². The number of fused-ring (bicyclic) bond motifs is 2. The molecule has 11 heteroatoms. The zero-order valence-corrected chi connectivity index (χ0v) is 15.9. The van der Waals surface area contributed by atoms with E-state index in [0.717, 1.165) is 27.2 Å². The van der Waals surface area contributed by atoms with Crippen molar-refractivity contribution in [1.82, 2.24) is 44.5 Å². The molecule has 0 spiro atoms. The van der Waals surface area contributed by atoms with Gasteiger partial charge in [0, 0.05) is 23.2 Å². The Hall–Kier alpha value is -3.18. The lowest BCUT2D eigenvalue weighted by Gasteiger charge is -2.01. The quantitative estimate of drug-likeness (QED) is 0.464. The van der Waals surface area contributed by atoms with E-state index in [4.69, 9.17) is 10.1 Å². The van der Waals surface area contributed by atoms with E-state index in [2.05, 4.69) is 38.5 Å². The average molecular weight is 395 g/mol. The Morgan fingerprint density at radius 1 is 1.14 bits per heavy atom. The van der Waals surface area contributed by atoms with Crippen LogP contribution in [0.5, 0.6) is 0 Å². The molecule has 0 saturated heterocycles. The van der Waals surface area contributed by atoms with Gasteiger partial charge in [0.25, 0.3) is 0 Å². The second-order valence-electron chi connectivity index (χ2n) is 6.29. The normalized spacial score (nSPS) is 11.8. The molecule has 5 rings (SSSR count). The molecule has 0 aliphatic heterocycles. The summed E-state index contributed by atoms with van der Waals surface area (Å²) >= 11 is 1.69. The van der Waals surface area contributed by atoms with Gasteiger partial charge in [-0.2, -0.15) is 10.2 Å². The number of aryl methyl sites for hydroxylation is 1. The summed E-state index contributed by atoms with van der Waals surface area (Å²) in [6.45, 7) is 3.96. The molecule has 0 saturated carbocycles. The zero-order chi connectivity index (χ0) is 19.1. The molecule has 0 aliphatic rings. The number of aliphatic hydroxyl groups is 1. The number of rotatable bonds is 6. The molecule has 142 valence electrons. The predicted octanol–water partition coefficient (Wildman–Crippen LogP) is 1.56. The Labute approximate surface area is 163 Å². The van der Waals surface area contributed by atoms with Crippen LogP contribution in [0, 0.1) is 0 Å². The molecule has 0 aliphatic carbocycles. The molecule has 0 amide bonds. The SMILES string of the molecule is CCn1ncc2sc(Cn3nnc4ncc(-c5cnn(CCO)c5)nc43)cc21. The lowest BCUT2D eigenvalue weighted by atomic mass is 10.3. The maximum absolute atomic E-state index is 9.05. The summed E-state index contributed by atoms with van der Waals surface area (Å²) in [6.07, 6.45) is 7.11. The third kappa shape index (κ3) is 2.84. The Balaban J connectivity index is 1.49. The van der Waals surface area contributed by atoms with Crippen molar-refractivity contribution in [1.29, 1.82) is 0 Å². The number of aliphatic hydroxyl groups excluding tert-OH is 1. The van der Waals surface area contributed by atoms with Gasteiger partial charge in [-0.05, 0) is 13.0 Å². The first-order valence-corrected chi connectivity index (χ1v) is 9.71. The number of nitrogens with zero attached hydrogens (tertiary/aromatic N) is 9. The van der Waals surface area contributed by atoms with Crippen LogP contribution in [0.3, 0.4) is 0 Å². The van der Waals surface area contributed by atoms with Gasteiger partial charge in [-0.25, -0.2) is 14.6 Å². The minimum Gasteiger partial charge on any atom is -0.394 e. The summed E-state index contributed by atoms with van der Waals surface area (Å²) in [6, 6.07) is 2.14. The number of aromatic nitrogens is 9. The largest absolute Gasteiger partial charge is 0.394 e. The number of hydrogen-bond acceptors (Lipinski definition) is 8. The minimum atomic E-state index is 0.0352. The lowest BCUT2D eigenvalue weighted by Crippen LogP contribution is -2.02. The van der Waals surface area contributed by atoms with Crippen molar-refractivity contribution in [2.45, 2.75) is 26.6 Å². The second kappa shape index (κ2) is 6.77. The molecule has 0 unspecified atom stereocenters. The Bertz CT molecular complexity index is 1260. The van der Waals surface area contributed by atoms with Gasteiger partial charge < -0.3 is 5.11 Å². The van der Waals surface area contributed by atoms with E-state index in [-0.39, 0.29) is 6.61 Å². The molecule has 1 N–H and O–H groups in total. The van der Waals surface area contributed by atoms with Gasteiger partial charge in [-0.15, -0.1) is 16.4 Å². The molecular weight excluding hydrogens is 378 g/mol. The summed E-state index contributed by atoms with van der Waals surface area (Å²) in [7, 11) is 0. The zero-order valence-electron chi connectivity index (χ0n) is 15.1. The molecule has 5 aromatic heterocycles. The molecule has 10 nitrogen and oxygen atoms in total. The topological polar surface area (TPSA) is 112 Å². The van der Waals surface area contributed by atoms with Crippen LogP contribution < -0.4 is 0 Å². The standard InChI is InChI=1S/C17H17N9OS/c1-2-25-14-5-12(28-15(14)8-20-25)10-26-17-16(22-23-26)18-7-13(21-17)11-6-19-24(9-11)3-4-27/h5-9,27H,2-4,10H2,1H3. The monoisotopic (exact) mass is 395 g/mol. The molecule has 28 heavy (non-hydrogen) atoms. The van der Waals surface area contributed by atoms with E-state index in [1.807, 2.05) is 17.1 Å². The molecule has 5 heterocycles. The molecule has 0 fully saturated rings. The van der Waals surface area contributed by atoms with E-state index in [1.165, 1.54) is 0 Å². The summed E-state index contributed by atoms with van der Waals surface area (Å²) in [5.74, 6) is 0. The Morgan fingerprint density at radius 3 is 2.93 bits per heavy atom. The lowest BCUT2D eigenvalue weighted by molar-refractivity contribution is 0.269. The first-order valence-electron chi connectivity index (χ1n) is 8.89. The van der Waals surface area contributed by atoms with Crippen molar-refractivity contribution in [2.24, 2.45) is 0 Å². The van der Waals surface area contributed by atoms with Crippen molar-refractivity contribution in [3.8, 4) is 11.3 Å². The molecular formula is C17H17N9OS. The van der Waals surface area contributed by atoms with Crippen LogP contribution in [0.15, 0.2) is 30.9 Å². The van der Waals surface area contributed by atoms with Crippen LogP contribution in [-0.4, -0.2) is 56.2 Å². The van der Waals surface area contributed by atoms with Gasteiger partial charge >= 0.3 is 0 Å². The van der Waals surface area contributed by atoms with Crippen LogP contribution in [0.2, 0.25) is 0 Å². The summed E-state index contributed by atoms with van der Waals surface area (Å²) < 4.78 is 6.57. The third-order valence-electron chi connectivity index (χ3n) is 4.47. The van der Waals surface area contributed by atoms with Gasteiger partial charge in [0.05, 0.1) is 54.2 Å². The molecule has 0 radical (unpaired) electrons. The van der Waals surface area contributed by atoms with Gasteiger partial charge in [-0.1, -0.05) is 5.21 Å². The van der Waals surface area contributed by atoms with E-state index < -0.39 is 0 Å². The Morgan fingerprint density at radius 2 is 2.07 bits per heavy atom. The maximum Gasteiger partial charge on any atom is 0.221 e. The van der Waals surface area contributed by atoms with E-state index in [9.17, 15) is 0 Å². The highest BCUT2D eigenvalue weighted by molar-refractivity contribution is 7.19. The Kier molecular flexibility index (Phi) is 4.10. The van der Waals surface area contributed by atoms with Crippen LogP contribution in [0.25, 0.3) is 32.8 Å². The van der Waals surface area contributed by atoms with Gasteiger partial charge in [-0.3, -0.25) is 9.36 Å². The van der Waals surface area contributed by atoms with Crippen molar-refractivity contribution < 1.29 is 5.11 Å². The first-order chi connectivity index (χ1) is 13.7. The second-order valence-corrected chi connectivity index (χ2v) is 7.46. The van der Waals surface area contributed by atoms with Crippen molar-refractivity contribution in [2.75, 3.05) is 6.61 Å². The fourth-order valence-electron chi connectivity index (χ4n) is 3.12.